The summed E-state index contributed by atoms with van der Waals surface area (Å²) in [5, 5.41) is 12.0. The summed E-state index contributed by atoms with van der Waals surface area (Å²) in [4.78, 5) is 24.3. The molecular weight excluding hydrogens is 432 g/mol. The van der Waals surface area contributed by atoms with E-state index in [1.54, 1.807) is 25.3 Å². The van der Waals surface area contributed by atoms with E-state index in [2.05, 4.69) is 15.0 Å². The SMILES string of the molecule is COc1ccc(-c2cc(-c3ccc([N+](=O)[O-])cc3)nc(N=c3ccc4ccccc4o3)n2)cc1. The second kappa shape index (κ2) is 8.95. The lowest BCUT2D eigenvalue weighted by molar-refractivity contribution is -0.384. The number of benzene rings is 3. The molecule has 0 saturated carbocycles. The molecule has 0 atom stereocenters. The highest BCUT2D eigenvalue weighted by Crippen LogP contribution is 2.28. The van der Waals surface area contributed by atoms with Crippen molar-refractivity contribution < 1.29 is 14.1 Å². The maximum atomic E-state index is 11.0. The average Bonchev–Trinajstić information content (AvgIpc) is 2.88. The third-order valence-electron chi connectivity index (χ3n) is 5.22. The van der Waals surface area contributed by atoms with Gasteiger partial charge in [0.15, 0.2) is 0 Å². The third kappa shape index (κ3) is 4.37. The smallest absolute Gasteiger partial charge is 0.269 e. The molecule has 0 fully saturated rings. The van der Waals surface area contributed by atoms with E-state index in [0.29, 0.717) is 28.1 Å². The number of aromatic nitrogens is 2. The lowest BCUT2D eigenvalue weighted by Gasteiger charge is -2.07. The zero-order chi connectivity index (χ0) is 23.5. The van der Waals surface area contributed by atoms with E-state index in [-0.39, 0.29) is 11.6 Å². The van der Waals surface area contributed by atoms with Crippen LogP contribution in [0.3, 0.4) is 0 Å². The van der Waals surface area contributed by atoms with Crippen LogP contribution >= 0.6 is 0 Å². The summed E-state index contributed by atoms with van der Waals surface area (Å²) in [6, 6.07) is 26.8. The Hall–Kier alpha value is -4.85. The monoisotopic (exact) mass is 450 g/mol. The van der Waals surface area contributed by atoms with Gasteiger partial charge in [-0.2, -0.15) is 4.99 Å². The quantitative estimate of drug-likeness (QED) is 0.251. The largest absolute Gasteiger partial charge is 0.497 e. The van der Waals surface area contributed by atoms with E-state index in [4.69, 9.17) is 9.15 Å². The van der Waals surface area contributed by atoms with E-state index in [9.17, 15) is 10.1 Å². The summed E-state index contributed by atoms with van der Waals surface area (Å²) in [7, 11) is 1.61. The van der Waals surface area contributed by atoms with Crippen molar-refractivity contribution in [2.45, 2.75) is 0 Å². The molecule has 8 heteroatoms. The van der Waals surface area contributed by atoms with Gasteiger partial charge >= 0.3 is 0 Å². The highest BCUT2D eigenvalue weighted by atomic mass is 16.6. The molecule has 3 aromatic carbocycles. The minimum absolute atomic E-state index is 0.00746. The molecule has 5 aromatic rings. The van der Waals surface area contributed by atoms with E-state index in [0.717, 1.165) is 16.7 Å². The zero-order valence-electron chi connectivity index (χ0n) is 18.1. The molecule has 0 N–H and O–H groups in total. The standard InChI is InChI=1S/C26H18N4O4/c1-33-21-13-8-18(9-14-21)23-16-22(17-6-11-20(12-7-17)30(31)32)27-26(28-23)29-25-15-10-19-4-2-3-5-24(19)34-25/h2-16H,1H3. The zero-order valence-corrected chi connectivity index (χ0v) is 18.1. The topological polar surface area (TPSA) is 104 Å². The first-order valence-electron chi connectivity index (χ1n) is 10.4. The molecule has 0 saturated heterocycles. The fraction of sp³-hybridized carbons (Fsp3) is 0.0385. The van der Waals surface area contributed by atoms with E-state index in [1.165, 1.54) is 12.1 Å². The van der Waals surface area contributed by atoms with Gasteiger partial charge in [-0.1, -0.05) is 18.2 Å². The number of ether oxygens (including phenoxy) is 1. The van der Waals surface area contributed by atoms with Gasteiger partial charge in [-0.25, -0.2) is 9.97 Å². The molecular formula is C26H18N4O4. The Labute approximate surface area is 194 Å². The highest BCUT2D eigenvalue weighted by Gasteiger charge is 2.11. The molecule has 2 heterocycles. The van der Waals surface area contributed by atoms with Crippen molar-refractivity contribution in [2.24, 2.45) is 4.99 Å². The molecule has 0 spiro atoms. The fourth-order valence-electron chi connectivity index (χ4n) is 3.47. The first-order chi connectivity index (χ1) is 16.6. The molecule has 0 aliphatic heterocycles. The van der Waals surface area contributed by atoms with Crippen molar-refractivity contribution in [1.29, 1.82) is 0 Å². The lowest BCUT2D eigenvalue weighted by atomic mass is 10.1. The Morgan fingerprint density at radius 3 is 2.15 bits per heavy atom. The second-order valence-electron chi connectivity index (χ2n) is 7.39. The third-order valence-corrected chi connectivity index (χ3v) is 5.22. The molecule has 0 amide bonds. The van der Waals surface area contributed by atoms with Crippen LogP contribution < -0.4 is 10.3 Å². The molecule has 0 aliphatic carbocycles. The number of methoxy groups -OCH3 is 1. The van der Waals surface area contributed by atoms with Gasteiger partial charge in [0.2, 0.25) is 5.55 Å². The number of nitro groups is 1. The van der Waals surface area contributed by atoms with Gasteiger partial charge in [0.25, 0.3) is 11.6 Å². The number of nitrogens with zero attached hydrogens (tertiary/aromatic N) is 4. The molecule has 0 radical (unpaired) electrons. The molecule has 0 unspecified atom stereocenters. The predicted molar refractivity (Wildman–Crippen MR) is 128 cm³/mol. The van der Waals surface area contributed by atoms with Crippen LogP contribution in [0.5, 0.6) is 5.75 Å². The van der Waals surface area contributed by atoms with Gasteiger partial charge in [-0.3, -0.25) is 10.1 Å². The summed E-state index contributed by atoms with van der Waals surface area (Å²) >= 11 is 0. The van der Waals surface area contributed by atoms with Crippen LogP contribution in [0.25, 0.3) is 33.5 Å². The molecule has 8 nitrogen and oxygen atoms in total. The van der Waals surface area contributed by atoms with Crippen LogP contribution in [0.15, 0.2) is 100 Å². The van der Waals surface area contributed by atoms with Crippen molar-refractivity contribution in [3.63, 3.8) is 0 Å². The van der Waals surface area contributed by atoms with Crippen molar-refractivity contribution in [1.82, 2.24) is 9.97 Å². The average molecular weight is 450 g/mol. The van der Waals surface area contributed by atoms with Gasteiger partial charge < -0.3 is 9.15 Å². The van der Waals surface area contributed by atoms with E-state index < -0.39 is 4.92 Å². The van der Waals surface area contributed by atoms with Gasteiger partial charge in [0, 0.05) is 34.7 Å². The minimum Gasteiger partial charge on any atom is -0.497 e. The summed E-state index contributed by atoms with van der Waals surface area (Å²) in [6.45, 7) is 0. The molecule has 166 valence electrons. The lowest BCUT2D eigenvalue weighted by Crippen LogP contribution is -2.00. The summed E-state index contributed by atoms with van der Waals surface area (Å²) < 4.78 is 11.1. The van der Waals surface area contributed by atoms with E-state index >= 15 is 0 Å². The van der Waals surface area contributed by atoms with Crippen molar-refractivity contribution in [3.8, 4) is 28.3 Å². The van der Waals surface area contributed by atoms with E-state index in [1.807, 2.05) is 60.7 Å². The Kier molecular flexibility index (Phi) is 5.53. The number of nitro benzene ring substituents is 1. The van der Waals surface area contributed by atoms with Crippen molar-refractivity contribution in [3.05, 3.63) is 107 Å². The molecule has 5 rings (SSSR count). The van der Waals surface area contributed by atoms with Crippen LogP contribution in [0.2, 0.25) is 0 Å². The van der Waals surface area contributed by atoms with Gasteiger partial charge in [-0.15, -0.1) is 0 Å². The highest BCUT2D eigenvalue weighted by molar-refractivity contribution is 5.75. The maximum Gasteiger partial charge on any atom is 0.269 e. The van der Waals surface area contributed by atoms with Crippen LogP contribution in [0, 0.1) is 10.1 Å². The van der Waals surface area contributed by atoms with Crippen LogP contribution in [0.4, 0.5) is 11.6 Å². The number of non-ortho nitro benzene ring substituents is 1. The van der Waals surface area contributed by atoms with Crippen molar-refractivity contribution >= 4 is 22.6 Å². The maximum absolute atomic E-state index is 11.0. The second-order valence-corrected chi connectivity index (χ2v) is 7.39. The Morgan fingerprint density at radius 2 is 1.50 bits per heavy atom. The number of rotatable bonds is 5. The number of fused-ring (bicyclic) bond motifs is 1. The van der Waals surface area contributed by atoms with Gasteiger partial charge in [0.1, 0.15) is 11.3 Å². The minimum atomic E-state index is -0.436. The van der Waals surface area contributed by atoms with Gasteiger partial charge in [0.05, 0.1) is 23.4 Å². The summed E-state index contributed by atoms with van der Waals surface area (Å²) in [5.74, 6) is 0.939. The van der Waals surface area contributed by atoms with Crippen LogP contribution in [-0.2, 0) is 0 Å². The number of hydrogen-bond donors (Lipinski definition) is 0. The summed E-state index contributed by atoms with van der Waals surface area (Å²) in [5.41, 5.74) is 3.84. The molecule has 2 aromatic heterocycles. The summed E-state index contributed by atoms with van der Waals surface area (Å²) in [6.07, 6.45) is 0. The molecule has 34 heavy (non-hydrogen) atoms. The number of para-hydroxylation sites is 1. The first kappa shape index (κ1) is 21.0. The Bertz CT molecular complexity index is 1560. The Morgan fingerprint density at radius 1 is 0.853 bits per heavy atom. The van der Waals surface area contributed by atoms with Gasteiger partial charge in [-0.05, 0) is 54.6 Å². The van der Waals surface area contributed by atoms with Crippen LogP contribution in [0.1, 0.15) is 0 Å². The Balaban J connectivity index is 1.64. The normalized spacial score (nSPS) is 11.5. The molecule has 0 bridgehead atoms. The number of hydrogen-bond acceptors (Lipinski definition) is 7. The molecule has 0 aliphatic rings. The van der Waals surface area contributed by atoms with Crippen LogP contribution in [-0.4, -0.2) is 22.0 Å². The first-order valence-corrected chi connectivity index (χ1v) is 10.4. The fourth-order valence-corrected chi connectivity index (χ4v) is 3.47. The predicted octanol–water partition coefficient (Wildman–Crippen LogP) is 5.71. The van der Waals surface area contributed by atoms with Crippen molar-refractivity contribution in [2.75, 3.05) is 7.11 Å².